The fourth-order valence-electron chi connectivity index (χ4n) is 1.71. The van der Waals surface area contributed by atoms with Crippen molar-refractivity contribution in [3.63, 3.8) is 0 Å². The Labute approximate surface area is 134 Å². The van der Waals surface area contributed by atoms with Gasteiger partial charge >= 0.3 is 0 Å². The van der Waals surface area contributed by atoms with E-state index in [2.05, 4.69) is 0 Å². The molecule has 0 heterocycles. The third-order valence-corrected chi connectivity index (χ3v) is 3.28. The van der Waals surface area contributed by atoms with Gasteiger partial charge in [0, 0.05) is 17.5 Å². The van der Waals surface area contributed by atoms with E-state index in [-0.39, 0.29) is 0 Å². The van der Waals surface area contributed by atoms with Gasteiger partial charge in [-0.15, -0.1) is 0 Å². The van der Waals surface area contributed by atoms with Crippen molar-refractivity contribution in [2.45, 2.75) is 6.42 Å². The standard InChI is InChI=1S/C16H16Cl2O3/c1-19-13-4-2-5-14(11-13)20-8-3-9-21-16-7-6-12(17)10-15(16)18/h2,4-7,10-11H,3,8-9H2,1H3. The van der Waals surface area contributed by atoms with Gasteiger partial charge in [-0.2, -0.15) is 0 Å². The highest BCUT2D eigenvalue weighted by atomic mass is 35.5. The van der Waals surface area contributed by atoms with E-state index in [1.807, 2.05) is 24.3 Å². The zero-order valence-electron chi connectivity index (χ0n) is 11.6. The van der Waals surface area contributed by atoms with Crippen molar-refractivity contribution in [2.24, 2.45) is 0 Å². The molecule has 2 aromatic rings. The van der Waals surface area contributed by atoms with Crippen molar-refractivity contribution < 1.29 is 14.2 Å². The lowest BCUT2D eigenvalue weighted by Gasteiger charge is -2.10. The molecule has 0 saturated heterocycles. The van der Waals surface area contributed by atoms with Crippen molar-refractivity contribution in [3.05, 3.63) is 52.5 Å². The summed E-state index contributed by atoms with van der Waals surface area (Å²) in [5.74, 6) is 2.18. The molecule has 112 valence electrons. The van der Waals surface area contributed by atoms with Crippen LogP contribution in [0.15, 0.2) is 42.5 Å². The van der Waals surface area contributed by atoms with Gasteiger partial charge in [0.15, 0.2) is 0 Å². The molecule has 0 radical (unpaired) electrons. The summed E-state index contributed by atoms with van der Waals surface area (Å²) in [7, 11) is 1.63. The van der Waals surface area contributed by atoms with Crippen LogP contribution in [-0.2, 0) is 0 Å². The minimum absolute atomic E-state index is 0.510. The molecule has 0 aromatic heterocycles. The zero-order chi connectivity index (χ0) is 15.1. The Balaban J connectivity index is 1.72. The molecule has 0 aliphatic carbocycles. The van der Waals surface area contributed by atoms with Crippen LogP contribution in [-0.4, -0.2) is 20.3 Å². The first-order chi connectivity index (χ1) is 10.2. The Morgan fingerprint density at radius 2 is 1.67 bits per heavy atom. The van der Waals surface area contributed by atoms with E-state index in [0.29, 0.717) is 29.0 Å². The van der Waals surface area contributed by atoms with Crippen molar-refractivity contribution in [3.8, 4) is 17.2 Å². The highest BCUT2D eigenvalue weighted by Crippen LogP contribution is 2.27. The Morgan fingerprint density at radius 1 is 0.905 bits per heavy atom. The third-order valence-electron chi connectivity index (χ3n) is 2.75. The Hall–Kier alpha value is -1.58. The fraction of sp³-hybridized carbons (Fsp3) is 0.250. The van der Waals surface area contributed by atoms with Gasteiger partial charge in [0.25, 0.3) is 0 Å². The van der Waals surface area contributed by atoms with Crippen molar-refractivity contribution >= 4 is 23.2 Å². The average molecular weight is 327 g/mol. The van der Waals surface area contributed by atoms with Crippen LogP contribution in [0.3, 0.4) is 0 Å². The molecule has 5 heteroatoms. The molecule has 3 nitrogen and oxygen atoms in total. The van der Waals surface area contributed by atoms with E-state index in [4.69, 9.17) is 37.4 Å². The minimum Gasteiger partial charge on any atom is -0.497 e. The van der Waals surface area contributed by atoms with Crippen molar-refractivity contribution in [1.29, 1.82) is 0 Å². The quantitative estimate of drug-likeness (QED) is 0.681. The molecule has 0 saturated carbocycles. The first-order valence-electron chi connectivity index (χ1n) is 6.54. The maximum atomic E-state index is 6.02. The predicted octanol–water partition coefficient (Wildman–Crippen LogP) is 4.85. The predicted molar refractivity (Wildman–Crippen MR) is 85.1 cm³/mol. The Bertz CT molecular complexity index is 587. The highest BCUT2D eigenvalue weighted by molar-refractivity contribution is 6.35. The largest absolute Gasteiger partial charge is 0.497 e. The molecule has 0 amide bonds. The summed E-state index contributed by atoms with van der Waals surface area (Å²) in [5.41, 5.74) is 0. The fourth-order valence-corrected chi connectivity index (χ4v) is 2.18. The second kappa shape index (κ2) is 8.01. The van der Waals surface area contributed by atoms with Crippen LogP contribution in [0.5, 0.6) is 17.2 Å². The van der Waals surface area contributed by atoms with Gasteiger partial charge in [-0.3, -0.25) is 0 Å². The van der Waals surface area contributed by atoms with Gasteiger partial charge in [0.2, 0.25) is 0 Å². The smallest absolute Gasteiger partial charge is 0.137 e. The molecule has 0 unspecified atom stereocenters. The minimum atomic E-state index is 0.510. The molecule has 0 bridgehead atoms. The lowest BCUT2D eigenvalue weighted by atomic mass is 10.3. The van der Waals surface area contributed by atoms with Gasteiger partial charge in [0.05, 0.1) is 25.3 Å². The van der Waals surface area contributed by atoms with Crippen molar-refractivity contribution in [2.75, 3.05) is 20.3 Å². The molecule has 0 atom stereocenters. The summed E-state index contributed by atoms with van der Waals surface area (Å²) >= 11 is 11.8. The number of ether oxygens (including phenoxy) is 3. The summed E-state index contributed by atoms with van der Waals surface area (Å²) in [6.07, 6.45) is 0.746. The molecule has 0 spiro atoms. The van der Waals surface area contributed by atoms with E-state index in [1.54, 1.807) is 25.3 Å². The average Bonchev–Trinajstić information content (AvgIpc) is 2.49. The highest BCUT2D eigenvalue weighted by Gasteiger charge is 2.02. The van der Waals surface area contributed by atoms with E-state index in [1.165, 1.54) is 0 Å². The van der Waals surface area contributed by atoms with Gasteiger partial charge in [-0.05, 0) is 30.3 Å². The second-order valence-electron chi connectivity index (χ2n) is 4.30. The third kappa shape index (κ3) is 5.03. The lowest BCUT2D eigenvalue weighted by Crippen LogP contribution is -2.05. The summed E-state index contributed by atoms with van der Waals surface area (Å²) < 4.78 is 16.3. The number of benzene rings is 2. The van der Waals surface area contributed by atoms with Gasteiger partial charge < -0.3 is 14.2 Å². The lowest BCUT2D eigenvalue weighted by molar-refractivity contribution is 0.247. The number of halogens is 2. The van der Waals surface area contributed by atoms with E-state index < -0.39 is 0 Å². The second-order valence-corrected chi connectivity index (χ2v) is 5.15. The summed E-state index contributed by atoms with van der Waals surface area (Å²) in [4.78, 5) is 0. The molecule has 0 aliphatic heterocycles. The van der Waals surface area contributed by atoms with E-state index in [9.17, 15) is 0 Å². The van der Waals surface area contributed by atoms with Gasteiger partial charge in [-0.1, -0.05) is 29.3 Å². The summed E-state index contributed by atoms with van der Waals surface area (Å²) in [5, 5.41) is 1.10. The monoisotopic (exact) mass is 326 g/mol. The molecule has 0 aliphatic rings. The normalized spacial score (nSPS) is 10.2. The summed E-state index contributed by atoms with van der Waals surface area (Å²) in [6, 6.07) is 12.7. The molecule has 21 heavy (non-hydrogen) atoms. The number of rotatable bonds is 7. The molecule has 0 fully saturated rings. The zero-order valence-corrected chi connectivity index (χ0v) is 13.2. The first kappa shape index (κ1) is 15.8. The maximum Gasteiger partial charge on any atom is 0.137 e. The Morgan fingerprint density at radius 3 is 2.43 bits per heavy atom. The van der Waals surface area contributed by atoms with Crippen LogP contribution in [0.4, 0.5) is 0 Å². The van der Waals surface area contributed by atoms with Crippen LogP contribution >= 0.6 is 23.2 Å². The van der Waals surface area contributed by atoms with E-state index in [0.717, 1.165) is 17.9 Å². The van der Waals surface area contributed by atoms with Gasteiger partial charge in [-0.25, -0.2) is 0 Å². The topological polar surface area (TPSA) is 27.7 Å². The number of methoxy groups -OCH3 is 1. The van der Waals surface area contributed by atoms with E-state index >= 15 is 0 Å². The van der Waals surface area contributed by atoms with Crippen LogP contribution in [0, 0.1) is 0 Å². The molecular weight excluding hydrogens is 311 g/mol. The molecule has 0 N–H and O–H groups in total. The van der Waals surface area contributed by atoms with Crippen LogP contribution in [0.2, 0.25) is 10.0 Å². The van der Waals surface area contributed by atoms with Gasteiger partial charge in [0.1, 0.15) is 17.2 Å². The van der Waals surface area contributed by atoms with Crippen molar-refractivity contribution in [1.82, 2.24) is 0 Å². The van der Waals surface area contributed by atoms with Crippen LogP contribution in [0.1, 0.15) is 6.42 Å². The van der Waals surface area contributed by atoms with Crippen LogP contribution < -0.4 is 14.2 Å². The number of hydrogen-bond donors (Lipinski definition) is 0. The molecular formula is C16H16Cl2O3. The first-order valence-corrected chi connectivity index (χ1v) is 7.29. The number of hydrogen-bond acceptors (Lipinski definition) is 3. The summed E-state index contributed by atoms with van der Waals surface area (Å²) in [6.45, 7) is 1.07. The SMILES string of the molecule is COc1cccc(OCCCOc2ccc(Cl)cc2Cl)c1. The van der Waals surface area contributed by atoms with Crippen LogP contribution in [0.25, 0.3) is 0 Å². The molecule has 2 rings (SSSR count). The Kier molecular flexibility index (Phi) is 6.03. The molecule has 2 aromatic carbocycles. The maximum absolute atomic E-state index is 6.02.